The van der Waals surface area contributed by atoms with Crippen molar-refractivity contribution in [2.45, 2.75) is 19.5 Å². The van der Waals surface area contributed by atoms with Gasteiger partial charge in [-0.05, 0) is 36.8 Å². The Morgan fingerprint density at radius 2 is 1.92 bits per heavy atom. The number of benzene rings is 2. The largest absolute Gasteiger partial charge is 0.493 e. The zero-order valence-electron chi connectivity index (χ0n) is 12.8. The zero-order valence-corrected chi connectivity index (χ0v) is 13.5. The molecule has 2 aromatic carbocycles. The van der Waals surface area contributed by atoms with Gasteiger partial charge in [-0.2, -0.15) is 13.2 Å². The van der Waals surface area contributed by atoms with Crippen LogP contribution >= 0.6 is 11.6 Å². The Hall–Kier alpha value is -2.21. The van der Waals surface area contributed by atoms with Gasteiger partial charge in [0.1, 0.15) is 5.75 Å². The molecule has 2 aromatic rings. The molecule has 0 aromatic heterocycles. The van der Waals surface area contributed by atoms with Crippen LogP contribution in [0.1, 0.15) is 17.5 Å². The number of carbonyl (C=O) groups is 1. The van der Waals surface area contributed by atoms with Crippen LogP contribution in [0.4, 0.5) is 18.9 Å². The van der Waals surface area contributed by atoms with Gasteiger partial charge in [0.25, 0.3) is 0 Å². The fourth-order valence-corrected chi connectivity index (χ4v) is 2.24. The Morgan fingerprint density at radius 1 is 1.21 bits per heavy atom. The molecule has 1 N–H and O–H groups in total. The van der Waals surface area contributed by atoms with Crippen LogP contribution < -0.4 is 10.1 Å². The van der Waals surface area contributed by atoms with Crippen molar-refractivity contribution in [2.24, 2.45) is 0 Å². The average molecular weight is 358 g/mol. The number of amides is 1. The van der Waals surface area contributed by atoms with Gasteiger partial charge in [0.2, 0.25) is 5.91 Å². The molecule has 0 unspecified atom stereocenters. The lowest BCUT2D eigenvalue weighted by atomic mass is 10.2. The third-order valence-corrected chi connectivity index (χ3v) is 3.57. The number of alkyl halides is 3. The summed E-state index contributed by atoms with van der Waals surface area (Å²) in [6.07, 6.45) is -4.57. The van der Waals surface area contributed by atoms with Crippen molar-refractivity contribution in [3.63, 3.8) is 0 Å². The number of halogens is 4. The van der Waals surface area contributed by atoms with E-state index in [4.69, 9.17) is 16.3 Å². The molecule has 0 aliphatic carbocycles. The molecular formula is C17H15ClF3NO2. The Kier molecular flexibility index (Phi) is 5.72. The molecule has 0 saturated carbocycles. The number of para-hydroxylation sites is 1. The van der Waals surface area contributed by atoms with E-state index in [2.05, 4.69) is 5.32 Å². The molecule has 24 heavy (non-hydrogen) atoms. The molecule has 0 bridgehead atoms. The van der Waals surface area contributed by atoms with Gasteiger partial charge in [-0.3, -0.25) is 4.79 Å². The monoisotopic (exact) mass is 357 g/mol. The van der Waals surface area contributed by atoms with Gasteiger partial charge in [0.15, 0.2) is 0 Å². The fourth-order valence-electron chi connectivity index (χ4n) is 2.02. The van der Waals surface area contributed by atoms with Gasteiger partial charge in [0, 0.05) is 5.69 Å². The molecule has 1 amide bonds. The summed E-state index contributed by atoms with van der Waals surface area (Å²) < 4.78 is 43.8. The lowest BCUT2D eigenvalue weighted by Gasteiger charge is -2.12. The lowest BCUT2D eigenvalue weighted by Crippen LogP contribution is -2.16. The van der Waals surface area contributed by atoms with Crippen molar-refractivity contribution in [3.8, 4) is 5.75 Å². The summed E-state index contributed by atoms with van der Waals surface area (Å²) in [6.45, 7) is 2.00. The summed E-state index contributed by atoms with van der Waals surface area (Å²) in [4.78, 5) is 11.8. The number of hydrogen-bond donors (Lipinski definition) is 1. The van der Waals surface area contributed by atoms with Gasteiger partial charge in [0.05, 0.1) is 23.6 Å². The standard InChI is InChI=1S/C17H15ClF3NO2/c1-11-4-2-3-5-15(11)24-9-8-16(23)22-12-6-7-14(18)13(10-12)17(19,20)21/h2-7,10H,8-9H2,1H3,(H,22,23). The summed E-state index contributed by atoms with van der Waals surface area (Å²) in [6, 6.07) is 10.6. The van der Waals surface area contributed by atoms with Gasteiger partial charge in [-0.25, -0.2) is 0 Å². The third kappa shape index (κ3) is 4.89. The Bertz CT molecular complexity index is 732. The van der Waals surface area contributed by atoms with Crippen LogP contribution in [-0.2, 0) is 11.0 Å². The second kappa shape index (κ2) is 7.57. The highest BCUT2D eigenvalue weighted by Crippen LogP contribution is 2.36. The van der Waals surface area contributed by atoms with Gasteiger partial charge in [-0.1, -0.05) is 29.8 Å². The van der Waals surface area contributed by atoms with Crippen molar-refractivity contribution in [1.82, 2.24) is 0 Å². The Morgan fingerprint density at radius 3 is 2.58 bits per heavy atom. The molecule has 0 aliphatic rings. The Balaban J connectivity index is 1.92. The number of rotatable bonds is 5. The molecule has 0 fully saturated rings. The lowest BCUT2D eigenvalue weighted by molar-refractivity contribution is -0.137. The zero-order chi connectivity index (χ0) is 17.7. The van der Waals surface area contributed by atoms with Crippen LogP contribution in [0.15, 0.2) is 42.5 Å². The van der Waals surface area contributed by atoms with Crippen LogP contribution in [0.2, 0.25) is 5.02 Å². The van der Waals surface area contributed by atoms with Crippen LogP contribution in [0.5, 0.6) is 5.75 Å². The van der Waals surface area contributed by atoms with Gasteiger partial charge >= 0.3 is 6.18 Å². The molecular weight excluding hydrogens is 343 g/mol. The molecule has 0 heterocycles. The first kappa shape index (κ1) is 18.1. The van der Waals surface area contributed by atoms with Crippen LogP contribution in [0.25, 0.3) is 0 Å². The predicted molar refractivity (Wildman–Crippen MR) is 86.4 cm³/mol. The summed E-state index contributed by atoms with van der Waals surface area (Å²) in [5.41, 5.74) is -0.0174. The van der Waals surface area contributed by atoms with Crippen LogP contribution in [-0.4, -0.2) is 12.5 Å². The minimum Gasteiger partial charge on any atom is -0.493 e. The highest BCUT2D eigenvalue weighted by atomic mass is 35.5. The number of anilines is 1. The first-order chi connectivity index (χ1) is 11.3. The van der Waals surface area contributed by atoms with Crippen LogP contribution in [0.3, 0.4) is 0 Å². The maximum atomic E-state index is 12.8. The summed E-state index contributed by atoms with van der Waals surface area (Å²) >= 11 is 5.53. The second-order valence-electron chi connectivity index (χ2n) is 5.10. The van der Waals surface area contributed by atoms with E-state index in [0.29, 0.717) is 5.75 Å². The first-order valence-corrected chi connectivity index (χ1v) is 7.50. The molecule has 0 spiro atoms. The summed E-state index contributed by atoms with van der Waals surface area (Å²) in [7, 11) is 0. The number of nitrogens with one attached hydrogen (secondary N) is 1. The minimum atomic E-state index is -4.58. The van der Waals surface area contributed by atoms with E-state index in [1.54, 1.807) is 6.07 Å². The maximum Gasteiger partial charge on any atom is 0.417 e. The molecule has 2 rings (SSSR count). The molecule has 0 aliphatic heterocycles. The smallest absolute Gasteiger partial charge is 0.417 e. The molecule has 3 nitrogen and oxygen atoms in total. The predicted octanol–water partition coefficient (Wildman–Crippen LogP) is 5.07. The van der Waals surface area contributed by atoms with Crippen molar-refractivity contribution < 1.29 is 22.7 Å². The highest BCUT2D eigenvalue weighted by Gasteiger charge is 2.33. The third-order valence-electron chi connectivity index (χ3n) is 3.24. The molecule has 0 atom stereocenters. The van der Waals surface area contributed by atoms with Crippen molar-refractivity contribution >= 4 is 23.2 Å². The second-order valence-corrected chi connectivity index (χ2v) is 5.51. The highest BCUT2D eigenvalue weighted by molar-refractivity contribution is 6.31. The topological polar surface area (TPSA) is 38.3 Å². The van der Waals surface area contributed by atoms with E-state index >= 15 is 0 Å². The van der Waals surface area contributed by atoms with Crippen molar-refractivity contribution in [2.75, 3.05) is 11.9 Å². The number of aryl methyl sites for hydroxylation is 1. The minimum absolute atomic E-state index is 0.0122. The quantitative estimate of drug-likeness (QED) is 0.810. The van der Waals surface area contributed by atoms with Gasteiger partial charge < -0.3 is 10.1 Å². The molecule has 7 heteroatoms. The maximum absolute atomic E-state index is 12.8. The van der Waals surface area contributed by atoms with Crippen LogP contribution in [0, 0.1) is 6.92 Å². The SMILES string of the molecule is Cc1ccccc1OCCC(=O)Nc1ccc(Cl)c(C(F)(F)F)c1. The summed E-state index contributed by atoms with van der Waals surface area (Å²) in [5.74, 6) is 0.218. The number of carbonyl (C=O) groups excluding carboxylic acids is 1. The van der Waals surface area contributed by atoms with E-state index in [1.807, 2.05) is 25.1 Å². The summed E-state index contributed by atoms with van der Waals surface area (Å²) in [5, 5.41) is 1.99. The van der Waals surface area contributed by atoms with Crippen molar-refractivity contribution in [3.05, 3.63) is 58.6 Å². The van der Waals surface area contributed by atoms with E-state index in [9.17, 15) is 18.0 Å². The van der Waals surface area contributed by atoms with E-state index in [-0.39, 0.29) is 18.7 Å². The molecule has 0 saturated heterocycles. The van der Waals surface area contributed by atoms with Crippen molar-refractivity contribution in [1.29, 1.82) is 0 Å². The average Bonchev–Trinajstić information content (AvgIpc) is 2.50. The number of ether oxygens (including phenoxy) is 1. The molecule has 0 radical (unpaired) electrons. The van der Waals surface area contributed by atoms with E-state index in [1.165, 1.54) is 6.07 Å². The number of hydrogen-bond acceptors (Lipinski definition) is 2. The first-order valence-electron chi connectivity index (χ1n) is 7.12. The van der Waals surface area contributed by atoms with E-state index in [0.717, 1.165) is 17.7 Å². The fraction of sp³-hybridized carbons (Fsp3) is 0.235. The normalized spacial score (nSPS) is 11.2. The molecule has 128 valence electrons. The van der Waals surface area contributed by atoms with E-state index < -0.39 is 22.7 Å². The van der Waals surface area contributed by atoms with Gasteiger partial charge in [-0.15, -0.1) is 0 Å². The Labute approximate surface area is 142 Å².